The van der Waals surface area contributed by atoms with E-state index in [4.69, 9.17) is 16.9 Å². The fourth-order valence-electron chi connectivity index (χ4n) is 10.1. The van der Waals surface area contributed by atoms with Crippen molar-refractivity contribution in [2.24, 2.45) is 35.1 Å². The van der Waals surface area contributed by atoms with Crippen molar-refractivity contribution in [1.29, 1.82) is 5.41 Å². The Balaban J connectivity index is 1.61. The van der Waals surface area contributed by atoms with E-state index >= 15 is 0 Å². The molecule has 2 aliphatic rings. The number of benzene rings is 1. The molecule has 508 valence electrons. The summed E-state index contributed by atoms with van der Waals surface area (Å²) in [5, 5.41) is 55.3. The number of aliphatic carboxylic acids is 1. The van der Waals surface area contributed by atoms with Crippen LogP contribution in [0.4, 0.5) is 0 Å². The summed E-state index contributed by atoms with van der Waals surface area (Å²) in [6.45, 7) is 16.6. The minimum absolute atomic E-state index is 0.0115. The van der Waals surface area contributed by atoms with Crippen LogP contribution in [-0.4, -0.2) is 208 Å². The Morgan fingerprint density at radius 1 is 0.549 bits per heavy atom. The molecule has 2 heterocycles. The number of carboxylic acids is 1. The van der Waals surface area contributed by atoms with E-state index in [9.17, 15) is 72.5 Å². The Labute approximate surface area is 531 Å². The molecule has 31 nitrogen and oxygen atoms in total. The zero-order chi connectivity index (χ0) is 68.6. The highest BCUT2D eigenvalue weighted by Gasteiger charge is 2.42. The molecule has 12 atom stereocenters. The van der Waals surface area contributed by atoms with Crippen molar-refractivity contribution in [3.63, 3.8) is 0 Å². The van der Waals surface area contributed by atoms with Gasteiger partial charge >= 0.3 is 5.97 Å². The number of carboxylic acid groups (broad SMARTS) is 1. The third kappa shape index (κ3) is 24.3. The number of nitrogens with one attached hydrogen (secondary N) is 12. The number of rotatable bonds is 35. The second-order valence-corrected chi connectivity index (χ2v) is 24.6. The molecule has 0 aliphatic carbocycles. The van der Waals surface area contributed by atoms with Crippen LogP contribution in [0.3, 0.4) is 0 Å². The van der Waals surface area contributed by atoms with E-state index in [1.165, 1.54) is 30.6 Å². The van der Waals surface area contributed by atoms with Gasteiger partial charge in [0, 0.05) is 26.1 Å². The minimum Gasteiger partial charge on any atom is -0.480 e. The fourth-order valence-corrected chi connectivity index (χ4v) is 10.1. The average molecular weight is 1280 g/mol. The van der Waals surface area contributed by atoms with Gasteiger partial charge in [-0.25, -0.2) is 4.79 Å². The van der Waals surface area contributed by atoms with Gasteiger partial charge in [-0.05, 0) is 95.0 Å². The lowest BCUT2D eigenvalue weighted by molar-refractivity contribution is -0.143. The van der Waals surface area contributed by atoms with Crippen LogP contribution in [0.1, 0.15) is 127 Å². The first kappa shape index (κ1) is 76.8. The lowest BCUT2D eigenvalue weighted by Crippen LogP contribution is -2.60. The summed E-state index contributed by atoms with van der Waals surface area (Å²) in [6, 6.07) is -5.83. The van der Waals surface area contributed by atoms with Gasteiger partial charge in [-0.1, -0.05) is 85.7 Å². The molecule has 0 aromatic heterocycles. The predicted molar refractivity (Wildman–Crippen MR) is 333 cm³/mol. The summed E-state index contributed by atoms with van der Waals surface area (Å²) in [5.41, 5.74) is 12.1. The van der Waals surface area contributed by atoms with Crippen molar-refractivity contribution in [1.82, 2.24) is 68.3 Å². The van der Waals surface area contributed by atoms with E-state index in [1.807, 2.05) is 13.8 Å². The molecule has 0 spiro atoms. The number of nitrogens with zero attached hydrogens (tertiary/aromatic N) is 2. The van der Waals surface area contributed by atoms with Crippen LogP contribution >= 0.6 is 0 Å². The molecule has 0 saturated carbocycles. The lowest BCUT2D eigenvalue weighted by Gasteiger charge is -2.32. The van der Waals surface area contributed by atoms with Gasteiger partial charge in [-0.2, -0.15) is 0 Å². The smallest absolute Gasteiger partial charge is 0.326 e. The first-order valence-corrected chi connectivity index (χ1v) is 31.0. The van der Waals surface area contributed by atoms with Gasteiger partial charge in [0.15, 0.2) is 5.96 Å². The zero-order valence-corrected chi connectivity index (χ0v) is 54.1. The molecule has 0 radical (unpaired) electrons. The van der Waals surface area contributed by atoms with Crippen LogP contribution in [0, 0.1) is 29.1 Å². The maximum Gasteiger partial charge on any atom is 0.326 e. The van der Waals surface area contributed by atoms with E-state index in [-0.39, 0.29) is 76.0 Å². The van der Waals surface area contributed by atoms with Crippen LogP contribution < -0.4 is 70.0 Å². The van der Waals surface area contributed by atoms with E-state index in [2.05, 4.69) is 58.5 Å². The second-order valence-electron chi connectivity index (χ2n) is 24.6. The number of aliphatic hydroxyl groups excluding tert-OH is 1. The Kier molecular flexibility index (Phi) is 31.2. The summed E-state index contributed by atoms with van der Waals surface area (Å²) >= 11 is 0. The average Bonchev–Trinajstić information content (AvgIpc) is 1.88. The maximum absolute atomic E-state index is 14.4. The largest absolute Gasteiger partial charge is 0.480 e. The predicted octanol–water partition coefficient (Wildman–Crippen LogP) is -3.57. The van der Waals surface area contributed by atoms with Crippen molar-refractivity contribution in [2.75, 3.05) is 32.8 Å². The Hall–Kier alpha value is -8.48. The summed E-state index contributed by atoms with van der Waals surface area (Å²) in [4.78, 5) is 177. The van der Waals surface area contributed by atoms with E-state index in [0.717, 1.165) is 0 Å². The molecule has 2 saturated heterocycles. The first-order chi connectivity index (χ1) is 42.7. The molecule has 18 N–H and O–H groups in total. The number of hydrogen-bond donors (Lipinski definition) is 16. The Morgan fingerprint density at radius 2 is 1.05 bits per heavy atom. The lowest BCUT2D eigenvalue weighted by atomic mass is 9.98. The van der Waals surface area contributed by atoms with Crippen LogP contribution in [-0.2, 0) is 68.7 Å². The normalized spacial score (nSPS) is 17.9. The molecule has 1 aromatic carbocycles. The second kappa shape index (κ2) is 37.0. The molecule has 2 fully saturated rings. The third-order valence-electron chi connectivity index (χ3n) is 15.5. The molecule has 91 heavy (non-hydrogen) atoms. The van der Waals surface area contributed by atoms with Crippen molar-refractivity contribution in [2.45, 2.75) is 200 Å². The maximum atomic E-state index is 14.4. The van der Waals surface area contributed by atoms with Gasteiger partial charge in [0.25, 0.3) is 0 Å². The highest BCUT2D eigenvalue weighted by Crippen LogP contribution is 2.23. The SMILES string of the molecule is CC(C)C[C@H](NC(=O)[C@@H](N)C(C)C)C(=O)N[C@H](C(=O)N1CCC[C@H]1C(=O)N[C@@H](C)C(=O)NCC(=O)N[C@@H](CO)C(=O)N[C@@H](C)C(=O)N[C@@H](CCCNC(=N)N)C(=O)N1CCC[C@H]1C(=O)N[C@H](C(=O)N[C@@H](C)C(=O)N[C@@H](Cc1ccccc1)C(=O)O)C(C)C)C(C)C. The molecule has 3 rings (SSSR count). The number of carbonyl (C=O) groups is 13. The zero-order valence-electron chi connectivity index (χ0n) is 54.1. The molecule has 0 bridgehead atoms. The standard InChI is InChI=1S/C60H98N16O15/c1-30(2)26-39(71-55(86)45(61)31(3)4)51(82)74-47(33(7)8)58(89)76-25-17-21-42(76)53(84)67-34(9)48(79)65-28-44(78)69-41(29-77)52(83)66-35(10)49(80)70-38(20-15-23-64-60(62)63)57(88)75-24-16-22-43(75)54(85)73-46(32(5)6)56(87)68-36(11)50(81)72-40(59(90)91)27-37-18-13-12-14-19-37/h12-14,18-19,30-36,38-43,45-47,77H,15-17,20-29,61H2,1-11H3,(H,65,79)(H,66,83)(H,67,84)(H,68,87)(H,69,78)(H,70,80)(H,71,86)(H,72,81)(H,73,85)(H,74,82)(H,90,91)(H4,62,63,64)/t34-,35-,36-,38-,39-,40-,41-,42-,43-,45-,46-,47-/m0/s1. The molecule has 2 aliphatic heterocycles. The van der Waals surface area contributed by atoms with Crippen molar-refractivity contribution in [3.8, 4) is 0 Å². The number of nitrogens with two attached hydrogens (primary N) is 2. The van der Waals surface area contributed by atoms with E-state index in [0.29, 0.717) is 18.4 Å². The molecule has 1 aromatic rings. The highest BCUT2D eigenvalue weighted by molar-refractivity contribution is 5.99. The third-order valence-corrected chi connectivity index (χ3v) is 15.5. The number of likely N-dealkylation sites (tertiary alicyclic amines) is 2. The van der Waals surface area contributed by atoms with Crippen molar-refractivity contribution < 1.29 is 72.5 Å². The number of carbonyl (C=O) groups excluding carboxylic acids is 12. The number of hydrogen-bond acceptors (Lipinski definition) is 16. The van der Waals surface area contributed by atoms with Gasteiger partial charge in [0.1, 0.15) is 66.5 Å². The number of amides is 12. The highest BCUT2D eigenvalue weighted by atomic mass is 16.4. The Bertz CT molecular complexity index is 2730. The monoisotopic (exact) mass is 1280 g/mol. The van der Waals surface area contributed by atoms with Crippen molar-refractivity contribution >= 4 is 82.8 Å². The summed E-state index contributed by atoms with van der Waals surface area (Å²) in [6.07, 6.45) is 1.56. The number of aliphatic hydroxyl groups is 1. The van der Waals surface area contributed by atoms with Crippen LogP contribution in [0.15, 0.2) is 30.3 Å². The molecular weight excluding hydrogens is 1180 g/mol. The fraction of sp³-hybridized carbons (Fsp3) is 0.667. The Morgan fingerprint density at radius 3 is 1.57 bits per heavy atom. The van der Waals surface area contributed by atoms with Gasteiger partial charge < -0.3 is 90.0 Å². The van der Waals surface area contributed by atoms with Gasteiger partial charge in [0.05, 0.1) is 19.2 Å². The summed E-state index contributed by atoms with van der Waals surface area (Å²) in [7, 11) is 0. The topological polar surface area (TPSA) is 477 Å². The van der Waals surface area contributed by atoms with Crippen LogP contribution in [0.5, 0.6) is 0 Å². The summed E-state index contributed by atoms with van der Waals surface area (Å²) < 4.78 is 0. The van der Waals surface area contributed by atoms with E-state index < -0.39 is 174 Å². The number of guanidine groups is 1. The van der Waals surface area contributed by atoms with Gasteiger partial charge in [-0.15, -0.1) is 0 Å². The molecule has 31 heteroatoms. The van der Waals surface area contributed by atoms with Gasteiger partial charge in [0.2, 0.25) is 70.9 Å². The van der Waals surface area contributed by atoms with Gasteiger partial charge in [-0.3, -0.25) is 62.9 Å². The summed E-state index contributed by atoms with van der Waals surface area (Å²) in [5.74, 6) is -11.8. The molecule has 0 unspecified atom stereocenters. The first-order valence-electron chi connectivity index (χ1n) is 31.0. The molecule has 12 amide bonds. The van der Waals surface area contributed by atoms with Crippen molar-refractivity contribution in [3.05, 3.63) is 35.9 Å². The minimum atomic E-state index is -1.66. The van der Waals surface area contributed by atoms with Crippen LogP contribution in [0.2, 0.25) is 0 Å². The van der Waals surface area contributed by atoms with Crippen LogP contribution in [0.25, 0.3) is 0 Å². The molecular formula is C60H98N16O15. The van der Waals surface area contributed by atoms with E-state index in [1.54, 1.807) is 71.9 Å². The quantitative estimate of drug-likeness (QED) is 0.0178.